The van der Waals surface area contributed by atoms with Crippen molar-refractivity contribution in [3.63, 3.8) is 0 Å². The molecule has 1 amide bonds. The third-order valence-corrected chi connectivity index (χ3v) is 7.64. The molecule has 2 aliphatic carbocycles. The van der Waals surface area contributed by atoms with Crippen LogP contribution in [0.4, 0.5) is 0 Å². The van der Waals surface area contributed by atoms with E-state index >= 15 is 0 Å². The molecule has 2 saturated heterocycles. The average Bonchev–Trinajstić information content (AvgIpc) is 3.15. The van der Waals surface area contributed by atoms with E-state index in [0.29, 0.717) is 24.8 Å². The van der Waals surface area contributed by atoms with Gasteiger partial charge in [0.15, 0.2) is 0 Å². The van der Waals surface area contributed by atoms with E-state index in [1.165, 1.54) is 18.4 Å². The Morgan fingerprint density at radius 1 is 1.30 bits per heavy atom. The number of likely N-dealkylation sites (tertiary alicyclic amines) is 1. The summed E-state index contributed by atoms with van der Waals surface area (Å²) in [4.78, 5) is 26.1. The zero-order chi connectivity index (χ0) is 19.0. The van der Waals surface area contributed by atoms with E-state index in [0.717, 1.165) is 51.7 Å². The molecule has 0 bridgehead atoms. The third kappa shape index (κ3) is 3.67. The second-order valence-corrected chi connectivity index (χ2v) is 9.45. The number of esters is 1. The maximum atomic E-state index is 12.5. The van der Waals surface area contributed by atoms with Crippen molar-refractivity contribution in [1.29, 1.82) is 0 Å². The Balaban J connectivity index is 1.28. The quantitative estimate of drug-likeness (QED) is 0.441. The van der Waals surface area contributed by atoms with Crippen molar-refractivity contribution >= 4 is 11.9 Å². The van der Waals surface area contributed by atoms with Gasteiger partial charge in [-0.15, -0.1) is 0 Å². The van der Waals surface area contributed by atoms with Gasteiger partial charge in [0.05, 0.1) is 5.92 Å². The third-order valence-electron chi connectivity index (χ3n) is 7.64. The number of fused-ring (bicyclic) bond motifs is 2. The molecule has 5 unspecified atom stereocenters. The Kier molecular flexibility index (Phi) is 5.32. The summed E-state index contributed by atoms with van der Waals surface area (Å²) in [5.74, 6) is 1.13. The Bertz CT molecular complexity index is 619. The van der Waals surface area contributed by atoms with Crippen molar-refractivity contribution < 1.29 is 14.3 Å². The minimum atomic E-state index is -0.0253. The maximum absolute atomic E-state index is 12.5. The van der Waals surface area contributed by atoms with E-state index in [4.69, 9.17) is 4.74 Å². The highest BCUT2D eigenvalue weighted by Crippen LogP contribution is 2.56. The highest BCUT2D eigenvalue weighted by molar-refractivity contribution is 5.78. The van der Waals surface area contributed by atoms with E-state index in [1.54, 1.807) is 0 Å². The van der Waals surface area contributed by atoms with Crippen LogP contribution in [0.15, 0.2) is 12.2 Å². The van der Waals surface area contributed by atoms with Gasteiger partial charge < -0.3 is 15.0 Å². The first-order chi connectivity index (χ1) is 13.0. The van der Waals surface area contributed by atoms with Gasteiger partial charge in [-0.1, -0.05) is 19.1 Å². The lowest BCUT2D eigenvalue weighted by Gasteiger charge is -2.50. The molecule has 0 spiro atoms. The van der Waals surface area contributed by atoms with Gasteiger partial charge in [0.2, 0.25) is 5.91 Å². The van der Waals surface area contributed by atoms with Crippen LogP contribution < -0.4 is 5.32 Å². The molecule has 4 aliphatic rings. The number of nitrogens with one attached hydrogen (secondary N) is 1. The summed E-state index contributed by atoms with van der Waals surface area (Å²) in [6.45, 7) is 10.0. The summed E-state index contributed by atoms with van der Waals surface area (Å²) in [6, 6.07) is 0. The largest absolute Gasteiger partial charge is 0.462 e. The number of hydrogen-bond acceptors (Lipinski definition) is 4. The van der Waals surface area contributed by atoms with Crippen LogP contribution in [-0.2, 0) is 14.3 Å². The molecular weight excluding hydrogens is 340 g/mol. The zero-order valence-electron chi connectivity index (χ0n) is 16.7. The molecule has 0 radical (unpaired) electrons. The Morgan fingerprint density at radius 2 is 2.15 bits per heavy atom. The van der Waals surface area contributed by atoms with Gasteiger partial charge in [-0.05, 0) is 62.8 Å². The maximum Gasteiger partial charge on any atom is 0.310 e. The summed E-state index contributed by atoms with van der Waals surface area (Å²) in [5, 5.41) is 3.46. The molecule has 1 N–H and O–H groups in total. The SMILES string of the molecule is C=C1CCCC2(C)CC3OC(=O)C(CNCCCN4CCCC4=O)C3CC12. The molecule has 27 heavy (non-hydrogen) atoms. The normalized spacial score (nSPS) is 38.7. The van der Waals surface area contributed by atoms with Crippen LogP contribution in [0.1, 0.15) is 58.3 Å². The van der Waals surface area contributed by atoms with Crippen LogP contribution in [-0.4, -0.2) is 49.1 Å². The second-order valence-electron chi connectivity index (χ2n) is 9.45. The minimum Gasteiger partial charge on any atom is -0.462 e. The predicted molar refractivity (Wildman–Crippen MR) is 104 cm³/mol. The molecule has 0 aromatic rings. The van der Waals surface area contributed by atoms with E-state index in [1.807, 2.05) is 4.90 Å². The lowest BCUT2D eigenvalue weighted by molar-refractivity contribution is -0.146. The van der Waals surface area contributed by atoms with Gasteiger partial charge in [0.1, 0.15) is 6.10 Å². The number of carbonyl (C=O) groups excluding carboxylic acids is 2. The van der Waals surface area contributed by atoms with E-state index in [2.05, 4.69) is 18.8 Å². The Labute approximate surface area is 162 Å². The van der Waals surface area contributed by atoms with Gasteiger partial charge in [0, 0.05) is 32.0 Å². The fourth-order valence-corrected chi connectivity index (χ4v) is 6.08. The molecular formula is C22H34N2O3. The Hall–Kier alpha value is -1.36. The Morgan fingerprint density at radius 3 is 2.93 bits per heavy atom. The monoisotopic (exact) mass is 374 g/mol. The molecule has 4 fully saturated rings. The minimum absolute atomic E-state index is 0.0138. The standard InChI is InChI=1S/C22H34N2O3/c1-15-6-3-8-22(2)13-19-16(12-18(15)22)17(21(26)27-19)14-23-9-5-11-24-10-4-7-20(24)25/h16-19,23H,1,3-14H2,2H3. The predicted octanol–water partition coefficient (Wildman–Crippen LogP) is 2.90. The topological polar surface area (TPSA) is 58.6 Å². The molecule has 150 valence electrons. The van der Waals surface area contributed by atoms with Gasteiger partial charge in [0.25, 0.3) is 0 Å². The number of carbonyl (C=O) groups is 2. The van der Waals surface area contributed by atoms with Crippen molar-refractivity contribution in [2.24, 2.45) is 23.2 Å². The fraction of sp³-hybridized carbons (Fsp3) is 0.818. The van der Waals surface area contributed by atoms with Crippen LogP contribution in [0, 0.1) is 23.2 Å². The van der Waals surface area contributed by atoms with Crippen molar-refractivity contribution in [1.82, 2.24) is 10.2 Å². The first-order valence-corrected chi connectivity index (χ1v) is 10.8. The van der Waals surface area contributed by atoms with Crippen LogP contribution in [0.2, 0.25) is 0 Å². The number of ether oxygens (including phenoxy) is 1. The second kappa shape index (κ2) is 7.57. The van der Waals surface area contributed by atoms with Crippen LogP contribution in [0.25, 0.3) is 0 Å². The summed E-state index contributed by atoms with van der Waals surface area (Å²) in [7, 11) is 0. The molecule has 0 aromatic carbocycles. The average molecular weight is 375 g/mol. The van der Waals surface area contributed by atoms with Gasteiger partial charge in [-0.2, -0.15) is 0 Å². The van der Waals surface area contributed by atoms with E-state index < -0.39 is 0 Å². The zero-order valence-corrected chi connectivity index (χ0v) is 16.7. The van der Waals surface area contributed by atoms with E-state index in [9.17, 15) is 9.59 Å². The first kappa shape index (κ1) is 19.0. The van der Waals surface area contributed by atoms with Crippen LogP contribution in [0.5, 0.6) is 0 Å². The van der Waals surface area contributed by atoms with Crippen molar-refractivity contribution in [2.75, 3.05) is 26.2 Å². The molecule has 2 saturated carbocycles. The summed E-state index contributed by atoms with van der Waals surface area (Å²) < 4.78 is 5.82. The van der Waals surface area contributed by atoms with Gasteiger partial charge in [-0.3, -0.25) is 9.59 Å². The van der Waals surface area contributed by atoms with Crippen molar-refractivity contribution in [3.05, 3.63) is 12.2 Å². The van der Waals surface area contributed by atoms with E-state index in [-0.39, 0.29) is 29.3 Å². The van der Waals surface area contributed by atoms with Crippen molar-refractivity contribution in [2.45, 2.75) is 64.4 Å². The van der Waals surface area contributed by atoms with Crippen LogP contribution >= 0.6 is 0 Å². The molecule has 0 aromatic heterocycles. The highest BCUT2D eigenvalue weighted by Gasteiger charge is 2.54. The number of nitrogens with zero attached hydrogens (tertiary/aromatic N) is 1. The number of allylic oxidation sites excluding steroid dienone is 1. The summed E-state index contributed by atoms with van der Waals surface area (Å²) in [6.07, 6.45) is 8.39. The first-order valence-electron chi connectivity index (χ1n) is 10.8. The number of hydrogen-bond donors (Lipinski definition) is 1. The van der Waals surface area contributed by atoms with Crippen LogP contribution in [0.3, 0.4) is 0 Å². The molecule has 2 heterocycles. The number of amides is 1. The van der Waals surface area contributed by atoms with Crippen molar-refractivity contribution in [3.8, 4) is 0 Å². The molecule has 5 atom stereocenters. The molecule has 2 aliphatic heterocycles. The highest BCUT2D eigenvalue weighted by atomic mass is 16.6. The fourth-order valence-electron chi connectivity index (χ4n) is 6.08. The smallest absolute Gasteiger partial charge is 0.310 e. The summed E-state index contributed by atoms with van der Waals surface area (Å²) in [5.41, 5.74) is 1.66. The van der Waals surface area contributed by atoms with Gasteiger partial charge >= 0.3 is 5.97 Å². The molecule has 5 nitrogen and oxygen atoms in total. The lowest BCUT2D eigenvalue weighted by atomic mass is 9.55. The summed E-state index contributed by atoms with van der Waals surface area (Å²) >= 11 is 0. The molecule has 5 heteroatoms. The lowest BCUT2D eigenvalue weighted by Crippen LogP contribution is -2.45. The molecule has 4 rings (SSSR count). The number of rotatable bonds is 6. The van der Waals surface area contributed by atoms with Gasteiger partial charge in [-0.25, -0.2) is 0 Å².